The number of H-pyrrole nitrogens is 1. The summed E-state index contributed by atoms with van der Waals surface area (Å²) in [5, 5.41) is 12.0. The highest BCUT2D eigenvalue weighted by atomic mass is 16.5. The van der Waals surface area contributed by atoms with E-state index >= 15 is 0 Å². The minimum absolute atomic E-state index is 0.160. The summed E-state index contributed by atoms with van der Waals surface area (Å²) in [4.78, 5) is 14.5. The molecule has 3 rings (SSSR count). The number of likely N-dealkylation sites (N-methyl/N-ethyl adjacent to an activating group) is 1. The normalized spacial score (nSPS) is 11.3. The first-order chi connectivity index (χ1) is 14.7. The summed E-state index contributed by atoms with van der Waals surface area (Å²) in [6, 6.07) is 15.8. The molecule has 0 amide bonds. The standard InChI is InChI=1S/C24H32N4O2/c1-3-28(16-17-30-2)15-8-4-7-14-25-20-11-9-10-19(18-20)23-21-12-5-6-13-22(21)24(29)27-26-23/h5-6,9-13,18,25H,3-4,7-8,14-17H2,1-2H3,(H,27,29). The summed E-state index contributed by atoms with van der Waals surface area (Å²) in [5.41, 5.74) is 2.70. The number of unbranched alkanes of at least 4 members (excludes halogenated alkanes) is 2. The molecule has 0 unspecified atom stereocenters. The van der Waals surface area contributed by atoms with Crippen molar-refractivity contribution in [2.75, 3.05) is 45.2 Å². The second kappa shape index (κ2) is 11.5. The van der Waals surface area contributed by atoms with Gasteiger partial charge in [0.1, 0.15) is 0 Å². The highest BCUT2D eigenvalue weighted by Gasteiger charge is 2.08. The third-order valence-electron chi connectivity index (χ3n) is 5.37. The summed E-state index contributed by atoms with van der Waals surface area (Å²) in [7, 11) is 1.75. The number of anilines is 1. The Hall–Kier alpha value is -2.70. The van der Waals surface area contributed by atoms with Gasteiger partial charge < -0.3 is 15.0 Å². The molecule has 0 radical (unpaired) electrons. The van der Waals surface area contributed by atoms with Crippen LogP contribution >= 0.6 is 0 Å². The molecule has 30 heavy (non-hydrogen) atoms. The van der Waals surface area contributed by atoms with E-state index in [1.807, 2.05) is 36.4 Å². The summed E-state index contributed by atoms with van der Waals surface area (Å²) in [5.74, 6) is 0. The molecule has 3 aromatic rings. The van der Waals surface area contributed by atoms with Crippen molar-refractivity contribution in [2.24, 2.45) is 0 Å². The van der Waals surface area contributed by atoms with Gasteiger partial charge in [-0.2, -0.15) is 5.10 Å². The van der Waals surface area contributed by atoms with Crippen molar-refractivity contribution >= 4 is 16.5 Å². The Morgan fingerprint density at radius 3 is 2.67 bits per heavy atom. The Balaban J connectivity index is 1.53. The van der Waals surface area contributed by atoms with Gasteiger partial charge in [-0.1, -0.05) is 43.7 Å². The molecular weight excluding hydrogens is 376 g/mol. The first-order valence-corrected chi connectivity index (χ1v) is 10.8. The number of hydrogen-bond donors (Lipinski definition) is 2. The number of fused-ring (bicyclic) bond motifs is 1. The lowest BCUT2D eigenvalue weighted by molar-refractivity contribution is 0.149. The number of benzene rings is 2. The van der Waals surface area contributed by atoms with Crippen LogP contribution in [0.15, 0.2) is 53.3 Å². The van der Waals surface area contributed by atoms with Gasteiger partial charge in [0.2, 0.25) is 0 Å². The number of hydrogen-bond acceptors (Lipinski definition) is 5. The molecule has 2 N–H and O–H groups in total. The predicted octanol–water partition coefficient (Wildman–Crippen LogP) is 4.14. The second-order valence-corrected chi connectivity index (χ2v) is 7.44. The maximum atomic E-state index is 12.0. The van der Waals surface area contributed by atoms with E-state index in [4.69, 9.17) is 4.74 Å². The zero-order valence-corrected chi connectivity index (χ0v) is 18.0. The van der Waals surface area contributed by atoms with Gasteiger partial charge in [-0.25, -0.2) is 5.10 Å². The molecule has 1 heterocycles. The van der Waals surface area contributed by atoms with Gasteiger partial charge in [-0.05, 0) is 44.1 Å². The van der Waals surface area contributed by atoms with Crippen molar-refractivity contribution < 1.29 is 4.74 Å². The average molecular weight is 409 g/mol. The van der Waals surface area contributed by atoms with Crippen molar-refractivity contribution in [2.45, 2.75) is 26.2 Å². The number of ether oxygens (including phenoxy) is 1. The van der Waals surface area contributed by atoms with Gasteiger partial charge >= 0.3 is 0 Å². The zero-order valence-electron chi connectivity index (χ0n) is 18.0. The minimum atomic E-state index is -0.160. The fraction of sp³-hybridized carbons (Fsp3) is 0.417. The van der Waals surface area contributed by atoms with E-state index in [9.17, 15) is 4.79 Å². The topological polar surface area (TPSA) is 70.2 Å². The first-order valence-electron chi connectivity index (χ1n) is 10.8. The molecule has 0 saturated carbocycles. The quantitative estimate of drug-likeness (QED) is 0.441. The van der Waals surface area contributed by atoms with Crippen LogP contribution in [0.1, 0.15) is 26.2 Å². The van der Waals surface area contributed by atoms with Crippen molar-refractivity contribution in [1.82, 2.24) is 15.1 Å². The minimum Gasteiger partial charge on any atom is -0.385 e. The summed E-state index contributed by atoms with van der Waals surface area (Å²) in [6.45, 7) is 7.14. The van der Waals surface area contributed by atoms with Crippen LogP contribution < -0.4 is 10.9 Å². The van der Waals surface area contributed by atoms with Gasteiger partial charge in [0.25, 0.3) is 5.56 Å². The molecule has 0 saturated heterocycles. The smallest absolute Gasteiger partial charge is 0.272 e. The Kier molecular flexibility index (Phi) is 8.41. The Labute approximate surface area is 178 Å². The fourth-order valence-electron chi connectivity index (χ4n) is 3.63. The largest absolute Gasteiger partial charge is 0.385 e. The van der Waals surface area contributed by atoms with Crippen molar-refractivity contribution in [3.8, 4) is 11.3 Å². The molecular formula is C24H32N4O2. The molecule has 0 fully saturated rings. The fourth-order valence-corrected chi connectivity index (χ4v) is 3.63. The monoisotopic (exact) mass is 408 g/mol. The SMILES string of the molecule is CCN(CCCCCNc1cccc(-c2n[nH]c(=O)c3ccccc23)c1)CCOC. The highest BCUT2D eigenvalue weighted by molar-refractivity contribution is 5.94. The van der Waals surface area contributed by atoms with E-state index < -0.39 is 0 Å². The van der Waals surface area contributed by atoms with E-state index in [1.165, 1.54) is 12.8 Å². The van der Waals surface area contributed by atoms with Crippen LogP contribution in [-0.2, 0) is 4.74 Å². The highest BCUT2D eigenvalue weighted by Crippen LogP contribution is 2.26. The van der Waals surface area contributed by atoms with E-state index in [0.717, 1.165) is 61.5 Å². The zero-order chi connectivity index (χ0) is 21.2. The van der Waals surface area contributed by atoms with Gasteiger partial charge in [0.05, 0.1) is 17.7 Å². The third-order valence-corrected chi connectivity index (χ3v) is 5.37. The molecule has 6 nitrogen and oxygen atoms in total. The number of nitrogens with zero attached hydrogens (tertiary/aromatic N) is 2. The van der Waals surface area contributed by atoms with Gasteiger partial charge in [-0.15, -0.1) is 0 Å². The Bertz CT molecular complexity index is 986. The van der Waals surface area contributed by atoms with Crippen molar-refractivity contribution in [1.29, 1.82) is 0 Å². The first kappa shape index (κ1) is 22.0. The molecule has 6 heteroatoms. The molecule has 0 aliphatic carbocycles. The summed E-state index contributed by atoms with van der Waals surface area (Å²) >= 11 is 0. The average Bonchev–Trinajstić information content (AvgIpc) is 2.79. The molecule has 2 aromatic carbocycles. The van der Waals surface area contributed by atoms with E-state index in [1.54, 1.807) is 7.11 Å². The predicted molar refractivity (Wildman–Crippen MR) is 124 cm³/mol. The maximum Gasteiger partial charge on any atom is 0.272 e. The van der Waals surface area contributed by atoms with E-state index in [0.29, 0.717) is 5.39 Å². The van der Waals surface area contributed by atoms with Crippen LogP contribution in [0, 0.1) is 0 Å². The van der Waals surface area contributed by atoms with Crippen molar-refractivity contribution in [3.05, 3.63) is 58.9 Å². The Morgan fingerprint density at radius 2 is 1.87 bits per heavy atom. The molecule has 0 aliphatic rings. The van der Waals surface area contributed by atoms with Gasteiger partial charge in [-0.3, -0.25) is 4.79 Å². The number of nitrogens with one attached hydrogen (secondary N) is 2. The van der Waals surface area contributed by atoms with E-state index in [2.05, 4.69) is 39.5 Å². The molecule has 0 atom stereocenters. The van der Waals surface area contributed by atoms with Crippen LogP contribution in [0.25, 0.3) is 22.0 Å². The van der Waals surface area contributed by atoms with Crippen LogP contribution in [0.5, 0.6) is 0 Å². The second-order valence-electron chi connectivity index (χ2n) is 7.44. The lowest BCUT2D eigenvalue weighted by Crippen LogP contribution is -2.28. The Morgan fingerprint density at radius 1 is 1.03 bits per heavy atom. The number of aromatic nitrogens is 2. The molecule has 1 aromatic heterocycles. The van der Waals surface area contributed by atoms with Crippen LogP contribution in [0.2, 0.25) is 0 Å². The van der Waals surface area contributed by atoms with E-state index in [-0.39, 0.29) is 5.56 Å². The van der Waals surface area contributed by atoms with Crippen LogP contribution in [0.3, 0.4) is 0 Å². The van der Waals surface area contributed by atoms with Crippen LogP contribution in [0.4, 0.5) is 5.69 Å². The van der Waals surface area contributed by atoms with Crippen molar-refractivity contribution in [3.63, 3.8) is 0 Å². The molecule has 160 valence electrons. The lowest BCUT2D eigenvalue weighted by atomic mass is 10.0. The third kappa shape index (κ3) is 5.90. The molecule has 0 spiro atoms. The molecule has 0 aliphatic heterocycles. The van der Waals surface area contributed by atoms with Gasteiger partial charge in [0, 0.05) is 36.8 Å². The number of rotatable bonds is 12. The summed E-state index contributed by atoms with van der Waals surface area (Å²) < 4.78 is 5.17. The number of aromatic amines is 1. The summed E-state index contributed by atoms with van der Waals surface area (Å²) in [6.07, 6.45) is 3.53. The number of methoxy groups -OCH3 is 1. The van der Waals surface area contributed by atoms with Crippen LogP contribution in [-0.4, -0.2) is 55.0 Å². The molecule has 0 bridgehead atoms. The van der Waals surface area contributed by atoms with Gasteiger partial charge in [0.15, 0.2) is 0 Å². The lowest BCUT2D eigenvalue weighted by Gasteiger charge is -2.19. The maximum absolute atomic E-state index is 12.0.